The van der Waals surface area contributed by atoms with Gasteiger partial charge in [-0.1, -0.05) is 23.5 Å². The van der Waals surface area contributed by atoms with Crippen molar-refractivity contribution >= 4 is 40.7 Å². The number of carbonyl (C=O) groups is 1. The number of fused-ring (bicyclic) bond motifs is 1. The normalized spacial score (nSPS) is 15.6. The summed E-state index contributed by atoms with van der Waals surface area (Å²) in [7, 11) is 3.89. The second kappa shape index (κ2) is 9.10. The van der Waals surface area contributed by atoms with E-state index in [1.165, 1.54) is 28.0 Å². The fraction of sp³-hybridized carbons (Fsp3) is 0.261. The van der Waals surface area contributed by atoms with Crippen molar-refractivity contribution in [2.24, 2.45) is 4.99 Å². The van der Waals surface area contributed by atoms with E-state index in [1.54, 1.807) is 19.9 Å². The van der Waals surface area contributed by atoms with Crippen molar-refractivity contribution in [1.82, 2.24) is 4.57 Å². The molecule has 176 valence electrons. The van der Waals surface area contributed by atoms with E-state index < -0.39 is 22.8 Å². The van der Waals surface area contributed by atoms with Crippen LogP contribution in [0.1, 0.15) is 31.2 Å². The van der Waals surface area contributed by atoms with E-state index in [9.17, 15) is 19.7 Å². The minimum absolute atomic E-state index is 0.0976. The van der Waals surface area contributed by atoms with Crippen LogP contribution < -0.4 is 19.8 Å². The van der Waals surface area contributed by atoms with Gasteiger partial charge < -0.3 is 14.1 Å². The van der Waals surface area contributed by atoms with Crippen LogP contribution in [0.25, 0.3) is 11.8 Å². The van der Waals surface area contributed by atoms with Crippen molar-refractivity contribution in [3.8, 4) is 0 Å². The first-order valence-corrected chi connectivity index (χ1v) is 11.2. The van der Waals surface area contributed by atoms with E-state index in [0.717, 1.165) is 11.3 Å². The van der Waals surface area contributed by atoms with Crippen LogP contribution in [-0.4, -0.2) is 36.2 Å². The molecule has 0 amide bonds. The lowest BCUT2D eigenvalue weighted by Crippen LogP contribution is -2.35. The summed E-state index contributed by atoms with van der Waals surface area (Å²) in [5, 5.41) is 11.1. The largest absolute Gasteiger partial charge is 0.463 e. The van der Waals surface area contributed by atoms with E-state index >= 15 is 0 Å². The number of esters is 1. The quantitative estimate of drug-likeness (QED) is 0.301. The topological polar surface area (TPSA) is 120 Å². The molecule has 0 radical (unpaired) electrons. The average molecular weight is 483 g/mol. The Morgan fingerprint density at radius 1 is 1.29 bits per heavy atom. The van der Waals surface area contributed by atoms with Crippen LogP contribution in [-0.2, 0) is 9.53 Å². The van der Waals surface area contributed by atoms with Gasteiger partial charge in [0.1, 0.15) is 16.7 Å². The van der Waals surface area contributed by atoms with Gasteiger partial charge >= 0.3 is 11.9 Å². The predicted molar refractivity (Wildman–Crippen MR) is 127 cm³/mol. The second-order valence-electron chi connectivity index (χ2n) is 7.70. The van der Waals surface area contributed by atoms with Crippen molar-refractivity contribution in [2.75, 3.05) is 25.6 Å². The molecule has 10 nitrogen and oxygen atoms in total. The number of furan rings is 1. The molecule has 11 heteroatoms. The summed E-state index contributed by atoms with van der Waals surface area (Å²) < 4.78 is 12.3. The smallest absolute Gasteiger partial charge is 0.433 e. The molecule has 1 aliphatic heterocycles. The zero-order chi connectivity index (χ0) is 24.6. The zero-order valence-electron chi connectivity index (χ0n) is 19.0. The summed E-state index contributed by atoms with van der Waals surface area (Å²) >= 11 is 1.17. The summed E-state index contributed by atoms with van der Waals surface area (Å²) in [4.78, 5) is 43.4. The number of benzene rings is 1. The molecule has 1 atom stereocenters. The molecule has 2 aromatic heterocycles. The number of nitrogens with zero attached hydrogens (tertiary/aromatic N) is 4. The van der Waals surface area contributed by atoms with Gasteiger partial charge in [0, 0.05) is 25.5 Å². The Bertz CT molecular complexity index is 1480. The SMILES string of the molecule is CCOC(=O)C1=C(C)n2c(s/c(=C\c3ccc(N(C)C)cc3)c2=O)=N[C@@H]1c1ccc([N+](=O)[O-])o1. The van der Waals surface area contributed by atoms with Gasteiger partial charge in [0.15, 0.2) is 4.80 Å². The number of thiazole rings is 1. The molecule has 3 aromatic rings. The summed E-state index contributed by atoms with van der Waals surface area (Å²) in [5.74, 6) is -1.01. The van der Waals surface area contributed by atoms with Gasteiger partial charge in [0.25, 0.3) is 5.56 Å². The number of anilines is 1. The lowest BCUT2D eigenvalue weighted by atomic mass is 10.0. The number of ether oxygens (including phenoxy) is 1. The van der Waals surface area contributed by atoms with Crippen molar-refractivity contribution in [1.29, 1.82) is 0 Å². The highest BCUT2D eigenvalue weighted by molar-refractivity contribution is 7.07. The van der Waals surface area contributed by atoms with Crippen molar-refractivity contribution in [2.45, 2.75) is 19.9 Å². The van der Waals surface area contributed by atoms with E-state index in [0.29, 0.717) is 15.0 Å². The highest BCUT2D eigenvalue weighted by Gasteiger charge is 2.34. The Hall–Kier alpha value is -3.99. The maximum absolute atomic E-state index is 13.2. The highest BCUT2D eigenvalue weighted by Crippen LogP contribution is 2.34. The molecule has 1 aliphatic rings. The molecule has 3 heterocycles. The van der Waals surface area contributed by atoms with Gasteiger partial charge in [-0.25, -0.2) is 9.79 Å². The maximum Gasteiger partial charge on any atom is 0.433 e. The number of allylic oxidation sites excluding steroid dienone is 1. The lowest BCUT2D eigenvalue weighted by molar-refractivity contribution is -0.402. The van der Waals surface area contributed by atoms with Crippen molar-refractivity contribution < 1.29 is 18.9 Å². The first-order chi connectivity index (χ1) is 16.2. The molecule has 1 aromatic carbocycles. The van der Waals surface area contributed by atoms with Gasteiger partial charge in [-0.3, -0.25) is 19.5 Å². The summed E-state index contributed by atoms with van der Waals surface area (Å²) in [6.45, 7) is 3.41. The molecule has 0 bridgehead atoms. The molecule has 0 spiro atoms. The van der Waals surface area contributed by atoms with E-state index in [4.69, 9.17) is 9.15 Å². The van der Waals surface area contributed by atoms with Crippen LogP contribution >= 0.6 is 11.3 Å². The van der Waals surface area contributed by atoms with Crippen molar-refractivity contribution in [3.63, 3.8) is 0 Å². The first kappa shape index (κ1) is 23.2. The number of rotatable bonds is 6. The van der Waals surface area contributed by atoms with E-state index in [-0.39, 0.29) is 23.5 Å². The number of carbonyl (C=O) groups excluding carboxylic acids is 1. The molecule has 0 unspecified atom stereocenters. The number of hydrogen-bond donors (Lipinski definition) is 0. The standard InChI is InChI=1S/C23H22N4O6S/c1-5-32-22(29)19-13(2)26-21(28)17(12-14-6-8-15(9-7-14)25(3)4)34-23(26)24-20(19)16-10-11-18(33-16)27(30)31/h6-12,20H,5H2,1-4H3/b17-12-/t20-/m1/s1. The molecule has 0 saturated heterocycles. The van der Waals surface area contributed by atoms with Crippen LogP contribution in [0, 0.1) is 10.1 Å². The third-order valence-electron chi connectivity index (χ3n) is 5.31. The lowest BCUT2D eigenvalue weighted by Gasteiger charge is -2.20. The molecule has 0 N–H and O–H groups in total. The molecule has 4 rings (SSSR count). The number of aromatic nitrogens is 1. The van der Waals surface area contributed by atoms with Crippen LogP contribution in [0.2, 0.25) is 0 Å². The third-order valence-corrected chi connectivity index (χ3v) is 6.29. The minimum Gasteiger partial charge on any atom is -0.463 e. The van der Waals surface area contributed by atoms with Gasteiger partial charge in [0.2, 0.25) is 0 Å². The van der Waals surface area contributed by atoms with Gasteiger partial charge in [0.05, 0.1) is 22.8 Å². The zero-order valence-corrected chi connectivity index (χ0v) is 19.8. The third kappa shape index (κ3) is 4.17. The summed E-state index contributed by atoms with van der Waals surface area (Å²) in [6.07, 6.45) is 1.76. The van der Waals surface area contributed by atoms with Crippen LogP contribution in [0.4, 0.5) is 11.6 Å². The minimum atomic E-state index is -0.974. The Morgan fingerprint density at radius 3 is 2.59 bits per heavy atom. The van der Waals surface area contributed by atoms with Crippen LogP contribution in [0.3, 0.4) is 0 Å². The van der Waals surface area contributed by atoms with Crippen molar-refractivity contribution in [3.05, 3.63) is 83.1 Å². The molecule has 0 aliphatic carbocycles. The van der Waals surface area contributed by atoms with E-state index in [2.05, 4.69) is 4.99 Å². The Morgan fingerprint density at radius 2 is 2.00 bits per heavy atom. The summed E-state index contributed by atoms with van der Waals surface area (Å²) in [5.41, 5.74) is 2.00. The Kier molecular flexibility index (Phi) is 6.20. The van der Waals surface area contributed by atoms with Gasteiger partial charge in [-0.05, 0) is 43.7 Å². The first-order valence-electron chi connectivity index (χ1n) is 10.4. The monoisotopic (exact) mass is 482 g/mol. The number of hydrogen-bond acceptors (Lipinski definition) is 9. The second-order valence-corrected chi connectivity index (χ2v) is 8.71. The molecular formula is C23H22N4O6S. The average Bonchev–Trinajstić information content (AvgIpc) is 3.40. The highest BCUT2D eigenvalue weighted by atomic mass is 32.1. The Balaban J connectivity index is 1.88. The fourth-order valence-corrected chi connectivity index (χ4v) is 4.67. The maximum atomic E-state index is 13.2. The van der Waals surface area contributed by atoms with E-state index in [1.807, 2.05) is 43.3 Å². The Labute approximate surface area is 197 Å². The molecule has 0 fully saturated rings. The van der Waals surface area contributed by atoms with Gasteiger partial charge in [-0.15, -0.1) is 0 Å². The summed E-state index contributed by atoms with van der Waals surface area (Å²) in [6, 6.07) is 9.35. The molecule has 0 saturated carbocycles. The molecular weight excluding hydrogens is 460 g/mol. The number of nitro groups is 1. The van der Waals surface area contributed by atoms with Crippen LogP contribution in [0.5, 0.6) is 0 Å². The fourth-order valence-electron chi connectivity index (χ4n) is 3.63. The van der Waals surface area contributed by atoms with Crippen LogP contribution in [0.15, 0.2) is 56.2 Å². The molecule has 34 heavy (non-hydrogen) atoms. The predicted octanol–water partition coefficient (Wildman–Crippen LogP) is 2.47. The van der Waals surface area contributed by atoms with Gasteiger partial charge in [-0.2, -0.15) is 0 Å².